The first-order valence-electron chi connectivity index (χ1n) is 4.10. The lowest BCUT2D eigenvalue weighted by molar-refractivity contribution is 0.633. The zero-order valence-electron chi connectivity index (χ0n) is 7.02. The van der Waals surface area contributed by atoms with Crippen LogP contribution in [0.25, 0.3) is 0 Å². The predicted octanol–water partition coefficient (Wildman–Crippen LogP) is 2.80. The molecule has 0 bridgehead atoms. The highest BCUT2D eigenvalue weighted by Gasteiger charge is 2.16. The van der Waals surface area contributed by atoms with E-state index < -0.39 is 0 Å². The molecule has 1 heterocycles. The second-order valence-corrected chi connectivity index (χ2v) is 3.30. The van der Waals surface area contributed by atoms with E-state index in [2.05, 4.69) is 37.4 Å². The summed E-state index contributed by atoms with van der Waals surface area (Å²) in [5, 5.41) is 3.41. The highest BCUT2D eigenvalue weighted by atomic mass is 14.9. The van der Waals surface area contributed by atoms with Gasteiger partial charge in [-0.25, -0.2) is 0 Å². The summed E-state index contributed by atoms with van der Waals surface area (Å²) in [5.41, 5.74) is 4.30. The van der Waals surface area contributed by atoms with E-state index in [-0.39, 0.29) is 7.43 Å². The van der Waals surface area contributed by atoms with Gasteiger partial charge in [0.15, 0.2) is 0 Å². The van der Waals surface area contributed by atoms with E-state index in [0.717, 1.165) is 6.54 Å². The lowest BCUT2D eigenvalue weighted by Crippen LogP contribution is -2.06. The Balaban J connectivity index is 0.000000720. The summed E-state index contributed by atoms with van der Waals surface area (Å²) in [6.45, 7) is 5.39. The Morgan fingerprint density at radius 2 is 2.17 bits per heavy atom. The molecule has 1 aromatic rings. The number of aryl methyl sites for hydroxylation is 1. The molecule has 12 heavy (non-hydrogen) atoms. The molecule has 0 radical (unpaired) electrons. The predicted molar refractivity (Wildman–Crippen MR) is 53.2 cm³/mol. The van der Waals surface area contributed by atoms with Crippen LogP contribution in [0.15, 0.2) is 18.2 Å². The first-order valence-corrected chi connectivity index (χ1v) is 4.10. The van der Waals surface area contributed by atoms with Crippen molar-refractivity contribution in [2.24, 2.45) is 0 Å². The Bertz CT molecular complexity index is 278. The first-order chi connectivity index (χ1) is 5.27. The maximum Gasteiger partial charge on any atom is 0.0298 e. The topological polar surface area (TPSA) is 12.0 Å². The average Bonchev–Trinajstić information content (AvgIpc) is 2.32. The smallest absolute Gasteiger partial charge is 0.0298 e. The summed E-state index contributed by atoms with van der Waals surface area (Å²) < 4.78 is 0. The lowest BCUT2D eigenvalue weighted by atomic mass is 10.0. The molecule has 1 aromatic carbocycles. The summed E-state index contributed by atoms with van der Waals surface area (Å²) in [7, 11) is 0. The van der Waals surface area contributed by atoms with Crippen molar-refractivity contribution in [3.63, 3.8) is 0 Å². The zero-order chi connectivity index (χ0) is 7.84. The van der Waals surface area contributed by atoms with Crippen molar-refractivity contribution in [1.29, 1.82) is 0 Å². The largest absolute Gasteiger partial charge is 0.306 e. The third kappa shape index (κ3) is 1.37. The maximum atomic E-state index is 3.41. The molecule has 1 heteroatoms. The molecular weight excluding hydrogens is 146 g/mol. The summed E-state index contributed by atoms with van der Waals surface area (Å²) >= 11 is 0. The monoisotopic (exact) mass is 163 g/mol. The third-order valence-electron chi connectivity index (χ3n) is 2.36. The van der Waals surface area contributed by atoms with Gasteiger partial charge >= 0.3 is 0 Å². The second-order valence-electron chi connectivity index (χ2n) is 3.30. The summed E-state index contributed by atoms with van der Waals surface area (Å²) in [6.07, 6.45) is 0. The summed E-state index contributed by atoms with van der Waals surface area (Å²) in [5.74, 6) is 0. The van der Waals surface area contributed by atoms with Crippen molar-refractivity contribution < 1.29 is 0 Å². The standard InChI is InChI=1S/C10H13N.CH4/c1-7-3-4-10-8(2)11-6-9(10)5-7;/h3-5,8,11H,6H2,1-2H3;1H4. The zero-order valence-corrected chi connectivity index (χ0v) is 7.02. The number of rotatable bonds is 0. The normalized spacial score (nSPS) is 20.0. The maximum absolute atomic E-state index is 3.41. The quantitative estimate of drug-likeness (QED) is 0.620. The van der Waals surface area contributed by atoms with Gasteiger partial charge in [0, 0.05) is 12.6 Å². The lowest BCUT2D eigenvalue weighted by Gasteiger charge is -2.03. The fraction of sp³-hybridized carbons (Fsp3) is 0.455. The van der Waals surface area contributed by atoms with E-state index >= 15 is 0 Å². The molecule has 1 N–H and O–H groups in total. The van der Waals surface area contributed by atoms with Crippen molar-refractivity contribution in [3.05, 3.63) is 34.9 Å². The minimum Gasteiger partial charge on any atom is -0.306 e. The molecule has 0 spiro atoms. The Morgan fingerprint density at radius 3 is 2.92 bits per heavy atom. The van der Waals surface area contributed by atoms with Crippen molar-refractivity contribution in [3.8, 4) is 0 Å². The molecule has 0 saturated heterocycles. The van der Waals surface area contributed by atoms with Crippen LogP contribution in [0.2, 0.25) is 0 Å². The number of benzene rings is 1. The Hall–Kier alpha value is -0.820. The minimum atomic E-state index is 0. The van der Waals surface area contributed by atoms with Crippen LogP contribution >= 0.6 is 0 Å². The highest BCUT2D eigenvalue weighted by Crippen LogP contribution is 2.24. The molecule has 0 aromatic heterocycles. The fourth-order valence-corrected chi connectivity index (χ4v) is 1.68. The number of fused-ring (bicyclic) bond motifs is 1. The van der Waals surface area contributed by atoms with Gasteiger partial charge in [-0.3, -0.25) is 0 Å². The van der Waals surface area contributed by atoms with Crippen LogP contribution < -0.4 is 5.32 Å². The molecule has 1 aliphatic rings. The third-order valence-corrected chi connectivity index (χ3v) is 2.36. The molecule has 2 rings (SSSR count). The molecule has 1 aliphatic heterocycles. The van der Waals surface area contributed by atoms with Gasteiger partial charge in [-0.15, -0.1) is 0 Å². The molecule has 1 atom stereocenters. The van der Waals surface area contributed by atoms with E-state index in [4.69, 9.17) is 0 Å². The van der Waals surface area contributed by atoms with Gasteiger partial charge < -0.3 is 5.32 Å². The van der Waals surface area contributed by atoms with Crippen molar-refractivity contribution in [1.82, 2.24) is 5.32 Å². The Labute approximate surface area is 74.8 Å². The highest BCUT2D eigenvalue weighted by molar-refractivity contribution is 5.36. The molecule has 0 aliphatic carbocycles. The van der Waals surface area contributed by atoms with Crippen molar-refractivity contribution >= 4 is 0 Å². The fourth-order valence-electron chi connectivity index (χ4n) is 1.68. The van der Waals surface area contributed by atoms with Crippen molar-refractivity contribution in [2.45, 2.75) is 33.9 Å². The number of nitrogens with one attached hydrogen (secondary N) is 1. The number of hydrogen-bond donors (Lipinski definition) is 1. The van der Waals surface area contributed by atoms with Crippen LogP contribution in [-0.4, -0.2) is 0 Å². The van der Waals surface area contributed by atoms with Crippen LogP contribution in [-0.2, 0) is 6.54 Å². The van der Waals surface area contributed by atoms with Gasteiger partial charge in [0.1, 0.15) is 0 Å². The van der Waals surface area contributed by atoms with Gasteiger partial charge in [0.05, 0.1) is 0 Å². The molecule has 66 valence electrons. The van der Waals surface area contributed by atoms with Crippen molar-refractivity contribution in [2.75, 3.05) is 0 Å². The Kier molecular flexibility index (Phi) is 2.53. The number of hydrogen-bond acceptors (Lipinski definition) is 1. The Morgan fingerprint density at radius 1 is 1.42 bits per heavy atom. The van der Waals surface area contributed by atoms with E-state index in [1.807, 2.05) is 0 Å². The molecular formula is C11H17N. The van der Waals surface area contributed by atoms with Gasteiger partial charge in [0.2, 0.25) is 0 Å². The van der Waals surface area contributed by atoms with Crippen LogP contribution in [0.5, 0.6) is 0 Å². The minimum absolute atomic E-state index is 0. The van der Waals surface area contributed by atoms with E-state index in [9.17, 15) is 0 Å². The average molecular weight is 163 g/mol. The van der Waals surface area contributed by atoms with Crippen LogP contribution in [0.1, 0.15) is 37.1 Å². The molecule has 0 fully saturated rings. The molecule has 0 amide bonds. The van der Waals surface area contributed by atoms with E-state index in [0.29, 0.717) is 6.04 Å². The summed E-state index contributed by atoms with van der Waals surface area (Å²) in [6, 6.07) is 7.23. The molecule has 1 nitrogen and oxygen atoms in total. The molecule has 1 unspecified atom stereocenters. The van der Waals surface area contributed by atoms with Gasteiger partial charge in [-0.05, 0) is 25.0 Å². The van der Waals surface area contributed by atoms with Crippen LogP contribution in [0.3, 0.4) is 0 Å². The SMILES string of the molecule is C.Cc1ccc2c(c1)CNC2C. The van der Waals surface area contributed by atoms with Gasteiger partial charge in [-0.1, -0.05) is 31.2 Å². The van der Waals surface area contributed by atoms with Gasteiger partial charge in [-0.2, -0.15) is 0 Å². The van der Waals surface area contributed by atoms with E-state index in [1.165, 1.54) is 16.7 Å². The van der Waals surface area contributed by atoms with Crippen LogP contribution in [0.4, 0.5) is 0 Å². The summed E-state index contributed by atoms with van der Waals surface area (Å²) in [4.78, 5) is 0. The first kappa shape index (κ1) is 9.27. The van der Waals surface area contributed by atoms with Crippen LogP contribution in [0, 0.1) is 6.92 Å². The van der Waals surface area contributed by atoms with E-state index in [1.54, 1.807) is 0 Å². The second kappa shape index (κ2) is 3.28. The molecule has 0 saturated carbocycles. The van der Waals surface area contributed by atoms with Gasteiger partial charge in [0.25, 0.3) is 0 Å².